The normalized spacial score (nSPS) is 23.4. The SMILES string of the molecule is Cc1cc(Br)cc2c1OCCC2(N)C(=O)O. The third-order valence-electron chi connectivity index (χ3n) is 2.84. The number of benzene rings is 1. The first-order valence-corrected chi connectivity index (χ1v) is 5.70. The van der Waals surface area contributed by atoms with Gasteiger partial charge < -0.3 is 15.6 Å². The van der Waals surface area contributed by atoms with Gasteiger partial charge in [-0.15, -0.1) is 0 Å². The van der Waals surface area contributed by atoms with Gasteiger partial charge in [0.25, 0.3) is 0 Å². The Bertz CT molecular complexity index is 461. The van der Waals surface area contributed by atoms with Crippen molar-refractivity contribution in [2.45, 2.75) is 18.9 Å². The van der Waals surface area contributed by atoms with Gasteiger partial charge in [-0.25, -0.2) is 4.79 Å². The summed E-state index contributed by atoms with van der Waals surface area (Å²) < 4.78 is 6.30. The molecule has 5 heteroatoms. The van der Waals surface area contributed by atoms with E-state index in [0.29, 0.717) is 17.9 Å². The number of carboxylic acids is 1. The summed E-state index contributed by atoms with van der Waals surface area (Å²) in [5.41, 5.74) is 6.03. The number of hydrogen-bond acceptors (Lipinski definition) is 3. The predicted octanol–water partition coefficient (Wildman–Crippen LogP) is 1.78. The average molecular weight is 286 g/mol. The predicted molar refractivity (Wildman–Crippen MR) is 62.5 cm³/mol. The van der Waals surface area contributed by atoms with E-state index < -0.39 is 11.5 Å². The summed E-state index contributed by atoms with van der Waals surface area (Å²) >= 11 is 3.34. The molecular weight excluding hydrogens is 274 g/mol. The second-order valence-electron chi connectivity index (χ2n) is 3.97. The Balaban J connectivity index is 2.67. The number of carbonyl (C=O) groups is 1. The smallest absolute Gasteiger partial charge is 0.328 e. The minimum atomic E-state index is -1.35. The highest BCUT2D eigenvalue weighted by Gasteiger charge is 2.41. The number of halogens is 1. The van der Waals surface area contributed by atoms with Crippen LogP contribution in [0.5, 0.6) is 5.75 Å². The Morgan fingerprint density at radius 3 is 2.94 bits per heavy atom. The number of carboxylic acid groups (broad SMARTS) is 1. The standard InChI is InChI=1S/C11H12BrNO3/c1-6-4-7(12)5-8-9(6)16-3-2-11(8,13)10(14)15/h4-5H,2-3,13H2,1H3,(H,14,15). The van der Waals surface area contributed by atoms with Gasteiger partial charge in [0.05, 0.1) is 6.61 Å². The molecular formula is C11H12BrNO3. The number of ether oxygens (including phenoxy) is 1. The van der Waals surface area contributed by atoms with Crippen LogP contribution in [0.3, 0.4) is 0 Å². The molecule has 0 amide bonds. The molecule has 0 fully saturated rings. The number of fused-ring (bicyclic) bond motifs is 1. The number of hydrogen-bond donors (Lipinski definition) is 2. The van der Waals surface area contributed by atoms with Crippen molar-refractivity contribution in [1.29, 1.82) is 0 Å². The van der Waals surface area contributed by atoms with Crippen LogP contribution in [-0.4, -0.2) is 17.7 Å². The van der Waals surface area contributed by atoms with Crippen molar-refractivity contribution in [1.82, 2.24) is 0 Å². The summed E-state index contributed by atoms with van der Waals surface area (Å²) in [5, 5.41) is 9.23. The first kappa shape index (κ1) is 11.4. The van der Waals surface area contributed by atoms with Crippen LogP contribution < -0.4 is 10.5 Å². The zero-order valence-electron chi connectivity index (χ0n) is 8.79. The summed E-state index contributed by atoms with van der Waals surface area (Å²) in [4.78, 5) is 11.3. The molecule has 0 aliphatic carbocycles. The van der Waals surface area contributed by atoms with Crippen LogP contribution in [0.25, 0.3) is 0 Å². The largest absolute Gasteiger partial charge is 0.493 e. The van der Waals surface area contributed by atoms with E-state index in [-0.39, 0.29) is 6.42 Å². The Morgan fingerprint density at radius 1 is 1.62 bits per heavy atom. The van der Waals surface area contributed by atoms with Gasteiger partial charge in [0.15, 0.2) is 0 Å². The zero-order chi connectivity index (χ0) is 11.9. The molecule has 4 nitrogen and oxygen atoms in total. The lowest BCUT2D eigenvalue weighted by Gasteiger charge is -2.32. The number of aryl methyl sites for hydroxylation is 1. The van der Waals surface area contributed by atoms with Gasteiger partial charge in [-0.3, -0.25) is 0 Å². The van der Waals surface area contributed by atoms with Crippen LogP contribution >= 0.6 is 15.9 Å². The Morgan fingerprint density at radius 2 is 2.31 bits per heavy atom. The Labute approximate surface area is 102 Å². The van der Waals surface area contributed by atoms with Crippen LogP contribution in [0.4, 0.5) is 0 Å². The quantitative estimate of drug-likeness (QED) is 0.825. The second kappa shape index (κ2) is 3.75. The van der Waals surface area contributed by atoms with Crippen molar-refractivity contribution in [2.24, 2.45) is 5.73 Å². The molecule has 0 saturated heterocycles. The van der Waals surface area contributed by atoms with Crippen LogP contribution in [0, 0.1) is 6.92 Å². The fraction of sp³-hybridized carbons (Fsp3) is 0.364. The van der Waals surface area contributed by atoms with Crippen molar-refractivity contribution in [3.8, 4) is 5.75 Å². The van der Waals surface area contributed by atoms with Crippen molar-refractivity contribution in [3.05, 3.63) is 27.7 Å². The maximum Gasteiger partial charge on any atom is 0.328 e. The highest BCUT2D eigenvalue weighted by Crippen LogP contribution is 2.39. The topological polar surface area (TPSA) is 72.5 Å². The molecule has 1 atom stereocenters. The molecule has 1 aromatic carbocycles. The highest BCUT2D eigenvalue weighted by atomic mass is 79.9. The fourth-order valence-corrected chi connectivity index (χ4v) is 2.50. The van der Waals surface area contributed by atoms with Gasteiger partial charge in [-0.1, -0.05) is 15.9 Å². The van der Waals surface area contributed by atoms with Crippen LogP contribution in [0.2, 0.25) is 0 Å². The van der Waals surface area contributed by atoms with E-state index in [1.807, 2.05) is 13.0 Å². The van der Waals surface area contributed by atoms with Crippen molar-refractivity contribution < 1.29 is 14.6 Å². The summed E-state index contributed by atoms with van der Waals surface area (Å²) in [5.74, 6) is -0.422. The minimum absolute atomic E-state index is 0.283. The molecule has 1 aliphatic rings. The van der Waals surface area contributed by atoms with Gasteiger partial charge in [0.2, 0.25) is 0 Å². The molecule has 1 unspecified atom stereocenters. The zero-order valence-corrected chi connectivity index (χ0v) is 10.4. The molecule has 0 spiro atoms. The molecule has 3 N–H and O–H groups in total. The molecule has 86 valence electrons. The average Bonchev–Trinajstić information content (AvgIpc) is 2.19. The molecule has 0 radical (unpaired) electrons. The molecule has 16 heavy (non-hydrogen) atoms. The maximum atomic E-state index is 11.3. The number of nitrogens with two attached hydrogens (primary N) is 1. The van der Waals surface area contributed by atoms with Gasteiger partial charge >= 0.3 is 5.97 Å². The summed E-state index contributed by atoms with van der Waals surface area (Å²) in [6.45, 7) is 2.20. The second-order valence-corrected chi connectivity index (χ2v) is 4.89. The monoisotopic (exact) mass is 285 g/mol. The van der Waals surface area contributed by atoms with E-state index in [1.54, 1.807) is 6.07 Å². The van der Waals surface area contributed by atoms with Crippen LogP contribution in [0.15, 0.2) is 16.6 Å². The molecule has 1 aromatic rings. The molecule has 0 aromatic heterocycles. The first-order chi connectivity index (χ1) is 7.45. The van der Waals surface area contributed by atoms with Crippen LogP contribution in [0.1, 0.15) is 17.5 Å². The molecule has 1 aliphatic heterocycles. The van der Waals surface area contributed by atoms with E-state index in [1.165, 1.54) is 0 Å². The molecule has 1 heterocycles. The van der Waals surface area contributed by atoms with E-state index in [4.69, 9.17) is 10.5 Å². The Kier molecular flexibility index (Phi) is 2.67. The highest BCUT2D eigenvalue weighted by molar-refractivity contribution is 9.10. The fourth-order valence-electron chi connectivity index (χ4n) is 1.92. The van der Waals surface area contributed by atoms with Gasteiger partial charge in [-0.2, -0.15) is 0 Å². The van der Waals surface area contributed by atoms with E-state index in [2.05, 4.69) is 15.9 Å². The van der Waals surface area contributed by atoms with E-state index >= 15 is 0 Å². The number of aliphatic carboxylic acids is 1. The summed E-state index contributed by atoms with van der Waals surface area (Å²) in [6.07, 6.45) is 0.283. The van der Waals surface area contributed by atoms with Crippen LogP contribution in [-0.2, 0) is 10.3 Å². The first-order valence-electron chi connectivity index (χ1n) is 4.91. The third kappa shape index (κ3) is 1.60. The third-order valence-corrected chi connectivity index (χ3v) is 3.30. The van der Waals surface area contributed by atoms with Crippen molar-refractivity contribution >= 4 is 21.9 Å². The minimum Gasteiger partial charge on any atom is -0.493 e. The van der Waals surface area contributed by atoms with Crippen molar-refractivity contribution in [3.63, 3.8) is 0 Å². The summed E-state index contributed by atoms with van der Waals surface area (Å²) in [6, 6.07) is 3.60. The Hall–Kier alpha value is -1.07. The molecule has 0 bridgehead atoms. The molecule has 2 rings (SSSR count). The summed E-state index contributed by atoms with van der Waals surface area (Å²) in [7, 11) is 0. The van der Waals surface area contributed by atoms with E-state index in [0.717, 1.165) is 10.0 Å². The number of rotatable bonds is 1. The lowest BCUT2D eigenvalue weighted by molar-refractivity contribution is -0.144. The van der Waals surface area contributed by atoms with Crippen molar-refractivity contribution in [2.75, 3.05) is 6.61 Å². The van der Waals surface area contributed by atoms with Gasteiger partial charge in [0.1, 0.15) is 11.3 Å². The van der Waals surface area contributed by atoms with Gasteiger partial charge in [0, 0.05) is 16.5 Å². The lowest BCUT2D eigenvalue weighted by Crippen LogP contribution is -2.48. The maximum absolute atomic E-state index is 11.3. The molecule has 0 saturated carbocycles. The lowest BCUT2D eigenvalue weighted by atomic mass is 9.84. The van der Waals surface area contributed by atoms with Gasteiger partial charge in [-0.05, 0) is 24.6 Å². The van der Waals surface area contributed by atoms with E-state index in [9.17, 15) is 9.90 Å².